The molecule has 1 unspecified atom stereocenters. The molecule has 0 saturated heterocycles. The zero-order chi connectivity index (χ0) is 17.5. The molecule has 0 radical (unpaired) electrons. The molecule has 4 heteroatoms. The Balaban J connectivity index is 0.00000312. The average molecular weight is 366 g/mol. The number of hydrogen-bond acceptors (Lipinski definition) is 2. The summed E-state index contributed by atoms with van der Waals surface area (Å²) in [5.74, 6) is 0.0581. The first-order chi connectivity index (χ1) is 11.6. The minimum absolute atomic E-state index is 0. The molecular weight excluding hydrogens is 337 g/mol. The molecular formula is C21H29ClFNO. The zero-order valence-electron chi connectivity index (χ0n) is 15.6. The summed E-state index contributed by atoms with van der Waals surface area (Å²) in [5.41, 5.74) is 4.57. The second kappa shape index (κ2) is 10.5. The average Bonchev–Trinajstić information content (AvgIpc) is 2.56. The number of rotatable bonds is 8. The first kappa shape index (κ1) is 21.6. The van der Waals surface area contributed by atoms with Crippen LogP contribution < -0.4 is 0 Å². The fourth-order valence-electron chi connectivity index (χ4n) is 3.41. The Morgan fingerprint density at radius 3 is 2.24 bits per heavy atom. The van der Waals surface area contributed by atoms with Crippen LogP contribution in [0.1, 0.15) is 41.5 Å². The fourth-order valence-corrected chi connectivity index (χ4v) is 3.41. The molecule has 2 aromatic rings. The Labute approximate surface area is 157 Å². The van der Waals surface area contributed by atoms with Crippen molar-refractivity contribution in [1.82, 2.24) is 5.06 Å². The lowest BCUT2D eigenvalue weighted by Crippen LogP contribution is -2.30. The van der Waals surface area contributed by atoms with Crippen molar-refractivity contribution in [3.8, 4) is 0 Å². The lowest BCUT2D eigenvalue weighted by atomic mass is 9.86. The second-order valence-corrected chi connectivity index (χ2v) is 6.37. The van der Waals surface area contributed by atoms with Gasteiger partial charge in [0, 0.05) is 19.0 Å². The van der Waals surface area contributed by atoms with E-state index in [2.05, 4.69) is 39.0 Å². The summed E-state index contributed by atoms with van der Waals surface area (Å²) < 4.78 is 14.2. The van der Waals surface area contributed by atoms with Gasteiger partial charge >= 0.3 is 0 Å². The maximum atomic E-state index is 14.2. The van der Waals surface area contributed by atoms with Crippen LogP contribution in [0, 0.1) is 19.7 Å². The second-order valence-electron chi connectivity index (χ2n) is 6.37. The van der Waals surface area contributed by atoms with Crippen LogP contribution in [0.4, 0.5) is 4.39 Å². The van der Waals surface area contributed by atoms with Crippen LogP contribution in [0.3, 0.4) is 0 Å². The molecule has 0 N–H and O–H groups in total. The largest absolute Gasteiger partial charge is 0.302 e. The van der Waals surface area contributed by atoms with Gasteiger partial charge < -0.3 is 4.84 Å². The molecule has 0 spiro atoms. The first-order valence-electron chi connectivity index (χ1n) is 8.65. The van der Waals surface area contributed by atoms with Crippen molar-refractivity contribution >= 4 is 12.4 Å². The maximum Gasteiger partial charge on any atom is 0.126 e. The van der Waals surface area contributed by atoms with E-state index >= 15 is 0 Å². The molecule has 0 bridgehead atoms. The van der Waals surface area contributed by atoms with Crippen LogP contribution in [-0.4, -0.2) is 25.3 Å². The number of halogens is 2. The normalized spacial score (nSPS) is 12.1. The van der Waals surface area contributed by atoms with Gasteiger partial charge in [0.25, 0.3) is 0 Å². The minimum atomic E-state index is -0.131. The van der Waals surface area contributed by atoms with E-state index in [1.54, 1.807) is 13.2 Å². The number of aryl methyl sites for hydroxylation is 2. The standard InChI is InChI=1S/C21H28FNO.ClH/c1-5-13-23(24-4)15-19(14-18-11-6-7-12-20(18)22)21-16(2)9-8-10-17(21)3;/h6-12,19H,5,13-15H2,1-4H3;1H. The van der Waals surface area contributed by atoms with Crippen LogP contribution in [-0.2, 0) is 11.3 Å². The van der Waals surface area contributed by atoms with E-state index in [0.29, 0.717) is 6.42 Å². The van der Waals surface area contributed by atoms with Gasteiger partial charge in [0.15, 0.2) is 0 Å². The highest BCUT2D eigenvalue weighted by Crippen LogP contribution is 2.29. The van der Waals surface area contributed by atoms with E-state index in [9.17, 15) is 4.39 Å². The SMILES string of the molecule is CCCN(CC(Cc1ccccc1F)c1c(C)cccc1C)OC.Cl. The minimum Gasteiger partial charge on any atom is -0.302 e. The van der Waals surface area contributed by atoms with Crippen molar-refractivity contribution in [2.75, 3.05) is 20.2 Å². The number of benzene rings is 2. The van der Waals surface area contributed by atoms with E-state index in [0.717, 1.165) is 25.1 Å². The van der Waals surface area contributed by atoms with Crippen molar-refractivity contribution in [2.24, 2.45) is 0 Å². The first-order valence-corrected chi connectivity index (χ1v) is 8.65. The number of hydroxylamine groups is 2. The van der Waals surface area contributed by atoms with Gasteiger partial charge in [-0.25, -0.2) is 4.39 Å². The van der Waals surface area contributed by atoms with Crippen molar-refractivity contribution in [3.63, 3.8) is 0 Å². The third-order valence-electron chi connectivity index (χ3n) is 4.53. The number of hydrogen-bond donors (Lipinski definition) is 0. The number of nitrogens with zero attached hydrogens (tertiary/aromatic N) is 1. The van der Waals surface area contributed by atoms with Crippen molar-refractivity contribution in [2.45, 2.75) is 39.5 Å². The summed E-state index contributed by atoms with van der Waals surface area (Å²) in [5, 5.41) is 1.98. The van der Waals surface area contributed by atoms with Gasteiger partial charge in [0.05, 0.1) is 7.11 Å². The highest BCUT2D eigenvalue weighted by Gasteiger charge is 2.21. The van der Waals surface area contributed by atoms with Crippen LogP contribution >= 0.6 is 12.4 Å². The molecule has 138 valence electrons. The van der Waals surface area contributed by atoms with E-state index in [-0.39, 0.29) is 24.1 Å². The Hall–Kier alpha value is -1.42. The molecule has 1 atom stereocenters. The predicted octanol–water partition coefficient (Wildman–Crippen LogP) is 5.46. The molecule has 0 aliphatic heterocycles. The van der Waals surface area contributed by atoms with E-state index < -0.39 is 0 Å². The van der Waals surface area contributed by atoms with E-state index in [4.69, 9.17) is 4.84 Å². The van der Waals surface area contributed by atoms with Crippen molar-refractivity contribution < 1.29 is 9.23 Å². The Morgan fingerprint density at radius 1 is 1.04 bits per heavy atom. The Morgan fingerprint density at radius 2 is 1.68 bits per heavy atom. The molecule has 0 saturated carbocycles. The Bertz CT molecular complexity index is 642. The lowest BCUT2D eigenvalue weighted by Gasteiger charge is -2.28. The molecule has 0 heterocycles. The molecule has 2 aromatic carbocycles. The summed E-state index contributed by atoms with van der Waals surface area (Å²) in [6.45, 7) is 8.03. The highest BCUT2D eigenvalue weighted by molar-refractivity contribution is 5.85. The summed E-state index contributed by atoms with van der Waals surface area (Å²) >= 11 is 0. The quantitative estimate of drug-likeness (QED) is 0.575. The van der Waals surface area contributed by atoms with Gasteiger partial charge in [-0.2, -0.15) is 5.06 Å². The van der Waals surface area contributed by atoms with Crippen molar-refractivity contribution in [3.05, 3.63) is 70.5 Å². The third-order valence-corrected chi connectivity index (χ3v) is 4.53. The maximum absolute atomic E-state index is 14.2. The molecule has 0 fully saturated rings. The lowest BCUT2D eigenvalue weighted by molar-refractivity contribution is -0.134. The molecule has 2 rings (SSSR count). The summed E-state index contributed by atoms with van der Waals surface area (Å²) in [6.07, 6.45) is 1.69. The zero-order valence-corrected chi connectivity index (χ0v) is 16.4. The van der Waals surface area contributed by atoms with Gasteiger partial charge in [-0.15, -0.1) is 12.4 Å². The van der Waals surface area contributed by atoms with Gasteiger partial charge in [-0.05, 0) is 55.0 Å². The van der Waals surface area contributed by atoms with Crippen LogP contribution in [0.5, 0.6) is 0 Å². The van der Waals surface area contributed by atoms with E-state index in [1.165, 1.54) is 22.8 Å². The van der Waals surface area contributed by atoms with Crippen LogP contribution in [0.25, 0.3) is 0 Å². The monoisotopic (exact) mass is 365 g/mol. The smallest absolute Gasteiger partial charge is 0.126 e. The Kier molecular flexibility index (Phi) is 9.12. The molecule has 0 amide bonds. The highest BCUT2D eigenvalue weighted by atomic mass is 35.5. The molecule has 0 aliphatic carbocycles. The molecule has 0 aromatic heterocycles. The van der Waals surface area contributed by atoms with Crippen LogP contribution in [0.2, 0.25) is 0 Å². The van der Waals surface area contributed by atoms with Gasteiger partial charge in [0.1, 0.15) is 5.82 Å². The molecule has 2 nitrogen and oxygen atoms in total. The van der Waals surface area contributed by atoms with Gasteiger partial charge in [-0.1, -0.05) is 43.3 Å². The van der Waals surface area contributed by atoms with Crippen LogP contribution in [0.15, 0.2) is 42.5 Å². The van der Waals surface area contributed by atoms with Crippen molar-refractivity contribution in [1.29, 1.82) is 0 Å². The molecule has 25 heavy (non-hydrogen) atoms. The summed E-state index contributed by atoms with van der Waals surface area (Å²) in [7, 11) is 1.71. The third kappa shape index (κ3) is 5.81. The fraction of sp³-hybridized carbons (Fsp3) is 0.429. The topological polar surface area (TPSA) is 12.5 Å². The van der Waals surface area contributed by atoms with E-state index in [1.807, 2.05) is 17.2 Å². The van der Waals surface area contributed by atoms with Gasteiger partial charge in [0.2, 0.25) is 0 Å². The summed E-state index contributed by atoms with van der Waals surface area (Å²) in [4.78, 5) is 5.53. The van der Waals surface area contributed by atoms with Gasteiger partial charge in [-0.3, -0.25) is 0 Å². The predicted molar refractivity (Wildman–Crippen MR) is 105 cm³/mol. The summed E-state index contributed by atoms with van der Waals surface area (Å²) in [6, 6.07) is 13.4. The molecule has 0 aliphatic rings.